The molecule has 10 nitrogen and oxygen atoms in total. The minimum atomic E-state index is -1.17. The molecule has 2 bridgehead atoms. The average Bonchev–Trinajstić information content (AvgIpc) is 3.66. The molecule has 0 aromatic heterocycles. The number of esters is 2. The number of ether oxygens (including phenoxy) is 4. The Balaban J connectivity index is 1.63. The number of allylic oxidation sites excluding steroid dienone is 3. The second kappa shape index (κ2) is 11.3. The van der Waals surface area contributed by atoms with Crippen molar-refractivity contribution in [3.63, 3.8) is 0 Å². The van der Waals surface area contributed by atoms with Crippen molar-refractivity contribution in [3.8, 4) is 0 Å². The first-order chi connectivity index (χ1) is 18.4. The van der Waals surface area contributed by atoms with E-state index in [1.165, 1.54) is 37.3 Å². The quantitative estimate of drug-likeness (QED) is 0.103. The van der Waals surface area contributed by atoms with Gasteiger partial charge in [-0.1, -0.05) is 42.4 Å². The minimum Gasteiger partial charge on any atom is -0.462 e. The van der Waals surface area contributed by atoms with Gasteiger partial charge in [0, 0.05) is 24.2 Å². The predicted molar refractivity (Wildman–Crippen MR) is 139 cm³/mol. The number of hydrogen-bond acceptors (Lipinski definition) is 10. The van der Waals surface area contributed by atoms with Crippen LogP contribution in [0.3, 0.4) is 0 Å². The Hall–Kier alpha value is -2.34. The maximum absolute atomic E-state index is 12.9. The zero-order chi connectivity index (χ0) is 28.6. The highest BCUT2D eigenvalue weighted by Gasteiger charge is 2.85. The van der Waals surface area contributed by atoms with Crippen LogP contribution in [0.2, 0.25) is 0 Å². The SMILES string of the molecule is CC(=CC(=O)OCC12CCC(C)=CC1OC1C(O)C(OC(=O)C=CC=CC(O)C(C)O)C2(C)C12CO2)CCO. The Labute approximate surface area is 228 Å². The zero-order valence-electron chi connectivity index (χ0n) is 22.9. The summed E-state index contributed by atoms with van der Waals surface area (Å²) < 4.78 is 24.1. The summed E-state index contributed by atoms with van der Waals surface area (Å²) in [6, 6.07) is 0. The van der Waals surface area contributed by atoms with E-state index in [0.29, 0.717) is 31.4 Å². The van der Waals surface area contributed by atoms with Crippen molar-refractivity contribution < 1.29 is 49.0 Å². The topological polar surface area (TPSA) is 155 Å². The third-order valence-corrected chi connectivity index (χ3v) is 8.99. The highest BCUT2D eigenvalue weighted by Crippen LogP contribution is 2.72. The van der Waals surface area contributed by atoms with E-state index in [1.807, 2.05) is 19.9 Å². The van der Waals surface area contributed by atoms with Crippen LogP contribution in [0, 0.1) is 10.8 Å². The van der Waals surface area contributed by atoms with Crippen LogP contribution in [-0.2, 0) is 28.5 Å². The largest absolute Gasteiger partial charge is 0.462 e. The van der Waals surface area contributed by atoms with Gasteiger partial charge >= 0.3 is 11.9 Å². The van der Waals surface area contributed by atoms with Gasteiger partial charge in [-0.2, -0.15) is 0 Å². The van der Waals surface area contributed by atoms with E-state index in [2.05, 4.69) is 0 Å². The molecule has 0 aromatic carbocycles. The first-order valence-corrected chi connectivity index (χ1v) is 13.4. The molecular weight excluding hydrogens is 508 g/mol. The molecular formula is C29H40O10. The summed E-state index contributed by atoms with van der Waals surface area (Å²) in [6.07, 6.45) is 4.90. The normalized spacial score (nSPS) is 39.0. The zero-order valence-corrected chi connectivity index (χ0v) is 22.9. The Morgan fingerprint density at radius 3 is 2.62 bits per heavy atom. The Morgan fingerprint density at radius 2 is 1.97 bits per heavy atom. The van der Waals surface area contributed by atoms with Crippen molar-refractivity contribution >= 4 is 11.9 Å². The monoisotopic (exact) mass is 548 g/mol. The van der Waals surface area contributed by atoms with E-state index in [-0.39, 0.29) is 13.2 Å². The van der Waals surface area contributed by atoms with E-state index in [4.69, 9.17) is 24.1 Å². The lowest BCUT2D eigenvalue weighted by Crippen LogP contribution is -2.66. The summed E-state index contributed by atoms with van der Waals surface area (Å²) in [4.78, 5) is 25.6. The van der Waals surface area contributed by atoms with Crippen LogP contribution in [0.4, 0.5) is 0 Å². The smallest absolute Gasteiger partial charge is 0.331 e. The lowest BCUT2D eigenvalue weighted by Gasteiger charge is -2.58. The van der Waals surface area contributed by atoms with E-state index in [9.17, 15) is 24.9 Å². The van der Waals surface area contributed by atoms with Crippen molar-refractivity contribution in [1.82, 2.24) is 0 Å². The fraction of sp³-hybridized carbons (Fsp3) is 0.655. The first-order valence-electron chi connectivity index (χ1n) is 13.4. The van der Waals surface area contributed by atoms with Crippen LogP contribution in [0.1, 0.15) is 47.0 Å². The molecule has 9 atom stereocenters. The highest BCUT2D eigenvalue weighted by molar-refractivity contribution is 5.83. The van der Waals surface area contributed by atoms with Gasteiger partial charge in [-0.15, -0.1) is 0 Å². The number of epoxide rings is 1. The second-order valence-corrected chi connectivity index (χ2v) is 11.4. The van der Waals surface area contributed by atoms with Crippen LogP contribution in [0.15, 0.2) is 47.6 Å². The summed E-state index contributed by atoms with van der Waals surface area (Å²) in [7, 11) is 0. The van der Waals surface area contributed by atoms with Crippen LogP contribution in [-0.4, -0.2) is 94.4 Å². The Kier molecular flexibility index (Phi) is 8.56. The van der Waals surface area contributed by atoms with Crippen molar-refractivity contribution in [2.45, 2.75) is 89.2 Å². The molecule has 3 fully saturated rings. The third-order valence-electron chi connectivity index (χ3n) is 8.99. The molecule has 10 heteroatoms. The molecule has 39 heavy (non-hydrogen) atoms. The van der Waals surface area contributed by atoms with Crippen molar-refractivity contribution in [2.24, 2.45) is 10.8 Å². The fourth-order valence-electron chi connectivity index (χ4n) is 6.52. The van der Waals surface area contributed by atoms with Crippen molar-refractivity contribution in [2.75, 3.05) is 19.8 Å². The number of carbonyl (C=O) groups excluding carboxylic acids is 2. The molecule has 2 aliphatic carbocycles. The van der Waals surface area contributed by atoms with E-state index in [0.717, 1.165) is 5.57 Å². The second-order valence-electron chi connectivity index (χ2n) is 11.4. The summed E-state index contributed by atoms with van der Waals surface area (Å²) >= 11 is 0. The van der Waals surface area contributed by atoms with E-state index >= 15 is 0 Å². The Morgan fingerprint density at radius 1 is 1.26 bits per heavy atom. The molecule has 1 saturated carbocycles. The minimum absolute atomic E-state index is 0.0336. The van der Waals surface area contributed by atoms with Crippen LogP contribution in [0.25, 0.3) is 0 Å². The predicted octanol–water partition coefficient (Wildman–Crippen LogP) is 1.27. The van der Waals surface area contributed by atoms with E-state index in [1.54, 1.807) is 6.92 Å². The molecule has 4 N–H and O–H groups in total. The molecule has 0 aromatic rings. The number of rotatable bonds is 10. The fourth-order valence-corrected chi connectivity index (χ4v) is 6.52. The Bertz CT molecular complexity index is 1070. The van der Waals surface area contributed by atoms with Gasteiger partial charge in [0.2, 0.25) is 0 Å². The van der Waals surface area contributed by atoms with Crippen LogP contribution < -0.4 is 0 Å². The number of hydrogen-bond donors (Lipinski definition) is 4. The summed E-state index contributed by atoms with van der Waals surface area (Å²) in [6.45, 7) is 7.32. The van der Waals surface area contributed by atoms with Gasteiger partial charge in [0.25, 0.3) is 0 Å². The van der Waals surface area contributed by atoms with Crippen molar-refractivity contribution in [3.05, 3.63) is 47.6 Å². The van der Waals surface area contributed by atoms with Gasteiger partial charge in [0.15, 0.2) is 0 Å². The number of carbonyl (C=O) groups is 2. The molecule has 2 heterocycles. The number of fused-ring (bicyclic) bond motifs is 2. The van der Waals surface area contributed by atoms with Gasteiger partial charge in [0.05, 0.1) is 30.3 Å². The maximum atomic E-state index is 12.9. The molecule has 0 radical (unpaired) electrons. The average molecular weight is 549 g/mol. The number of aliphatic hydroxyl groups excluding tert-OH is 4. The van der Waals surface area contributed by atoms with Gasteiger partial charge < -0.3 is 39.4 Å². The summed E-state index contributed by atoms with van der Waals surface area (Å²) in [5.41, 5.74) is -0.882. The molecule has 9 unspecified atom stereocenters. The molecule has 1 spiro atoms. The third kappa shape index (κ3) is 5.14. The summed E-state index contributed by atoms with van der Waals surface area (Å²) in [5, 5.41) is 39.6. The summed E-state index contributed by atoms with van der Waals surface area (Å²) in [5.74, 6) is -1.24. The van der Waals surface area contributed by atoms with Crippen molar-refractivity contribution in [1.29, 1.82) is 0 Å². The number of aliphatic hydroxyl groups is 4. The highest BCUT2D eigenvalue weighted by atomic mass is 16.7. The lowest BCUT2D eigenvalue weighted by atomic mass is 9.51. The molecule has 2 aliphatic heterocycles. The lowest BCUT2D eigenvalue weighted by molar-refractivity contribution is -0.232. The molecule has 4 aliphatic rings. The van der Waals surface area contributed by atoms with Gasteiger partial charge in [-0.25, -0.2) is 9.59 Å². The molecule has 0 amide bonds. The van der Waals surface area contributed by atoms with Crippen LogP contribution in [0.5, 0.6) is 0 Å². The van der Waals surface area contributed by atoms with Gasteiger partial charge in [-0.3, -0.25) is 0 Å². The molecule has 2 saturated heterocycles. The maximum Gasteiger partial charge on any atom is 0.331 e. The van der Waals surface area contributed by atoms with Crippen LogP contribution >= 0.6 is 0 Å². The molecule has 216 valence electrons. The van der Waals surface area contributed by atoms with Gasteiger partial charge in [-0.05, 0) is 40.0 Å². The first kappa shape index (κ1) is 29.6. The van der Waals surface area contributed by atoms with E-state index < -0.39 is 65.0 Å². The van der Waals surface area contributed by atoms with Gasteiger partial charge in [0.1, 0.15) is 30.5 Å². The molecule has 4 rings (SSSR count). The standard InChI is InChI=1S/C29H40O10/c1-17-9-11-28(15-36-23(34)14-18(2)10-12-30)21(13-17)38-26-24(35)25(27(28,4)29(26)16-37-29)39-22(33)8-6-5-7-20(32)19(3)31/h5-8,13-14,19-21,24-26,30-32,35H,9-12,15-16H2,1-4H3.